The van der Waals surface area contributed by atoms with Gasteiger partial charge in [-0.1, -0.05) is 23.7 Å². The van der Waals surface area contributed by atoms with Gasteiger partial charge in [0.15, 0.2) is 0 Å². The fourth-order valence-corrected chi connectivity index (χ4v) is 5.75. The van der Waals surface area contributed by atoms with Crippen molar-refractivity contribution in [2.45, 2.75) is 10.8 Å². The Morgan fingerprint density at radius 3 is 2.54 bits per heavy atom. The molecule has 5 nitrogen and oxygen atoms in total. The van der Waals surface area contributed by atoms with Gasteiger partial charge in [0.2, 0.25) is 0 Å². The zero-order valence-corrected chi connectivity index (χ0v) is 15.2. The first kappa shape index (κ1) is 17.4. The molecule has 0 unspecified atom stereocenters. The van der Waals surface area contributed by atoms with Crippen molar-refractivity contribution in [3.63, 3.8) is 0 Å². The molecule has 0 bridgehead atoms. The third-order valence-electron chi connectivity index (χ3n) is 3.94. The molecule has 1 aliphatic rings. The molecule has 0 spiro atoms. The molecule has 1 aromatic heterocycles. The summed E-state index contributed by atoms with van der Waals surface area (Å²) in [5.41, 5.74) is 1.71. The number of nitrogens with zero attached hydrogens (tertiary/aromatic N) is 3. The van der Waals surface area contributed by atoms with E-state index in [1.807, 2.05) is 18.2 Å². The molecule has 0 aliphatic carbocycles. The fraction of sp³-hybridized carbons (Fsp3) is 0.312. The molecule has 24 heavy (non-hydrogen) atoms. The zero-order chi connectivity index (χ0) is 17.2. The van der Waals surface area contributed by atoms with Gasteiger partial charge >= 0.3 is 0 Å². The van der Waals surface area contributed by atoms with Crippen LogP contribution in [0.5, 0.6) is 0 Å². The number of rotatable bonds is 4. The predicted octanol–water partition coefficient (Wildman–Crippen LogP) is 2.78. The Labute approximate surface area is 150 Å². The van der Waals surface area contributed by atoms with E-state index in [4.69, 9.17) is 16.9 Å². The molecule has 3 rings (SSSR count). The largest absolute Gasteiger partial charge is 0.296 e. The topological polar surface area (TPSA) is 64.4 Å². The van der Waals surface area contributed by atoms with E-state index in [0.29, 0.717) is 46.8 Å². The van der Waals surface area contributed by atoms with Gasteiger partial charge < -0.3 is 0 Å². The van der Waals surface area contributed by atoms with E-state index in [-0.39, 0.29) is 0 Å². The van der Waals surface area contributed by atoms with Gasteiger partial charge in [-0.25, -0.2) is 8.42 Å². The molecule has 1 aromatic carbocycles. The molecule has 0 saturated carbocycles. The summed E-state index contributed by atoms with van der Waals surface area (Å²) in [7, 11) is -3.45. The Balaban J connectivity index is 1.62. The number of nitriles is 1. The number of sulfonamides is 1. The van der Waals surface area contributed by atoms with Crippen LogP contribution in [0.3, 0.4) is 0 Å². The summed E-state index contributed by atoms with van der Waals surface area (Å²) >= 11 is 6.94. The number of benzene rings is 1. The first-order valence-electron chi connectivity index (χ1n) is 7.46. The molecule has 0 radical (unpaired) electrons. The first-order valence-corrected chi connectivity index (χ1v) is 10.1. The molecule has 2 aromatic rings. The summed E-state index contributed by atoms with van der Waals surface area (Å²) in [6, 6.07) is 12.8. The van der Waals surface area contributed by atoms with Crippen molar-refractivity contribution in [1.82, 2.24) is 9.21 Å². The van der Waals surface area contributed by atoms with E-state index in [9.17, 15) is 8.42 Å². The number of thiophene rings is 1. The maximum absolute atomic E-state index is 12.6. The van der Waals surface area contributed by atoms with Gasteiger partial charge in [0.1, 0.15) is 4.21 Å². The molecule has 2 heterocycles. The summed E-state index contributed by atoms with van der Waals surface area (Å²) in [4.78, 5) is 2.20. The van der Waals surface area contributed by atoms with E-state index in [2.05, 4.69) is 11.0 Å². The summed E-state index contributed by atoms with van der Waals surface area (Å²) < 4.78 is 27.4. The Hall–Kier alpha value is -1.43. The maximum Gasteiger partial charge on any atom is 0.252 e. The minimum Gasteiger partial charge on any atom is -0.296 e. The van der Waals surface area contributed by atoms with E-state index >= 15 is 0 Å². The average molecular weight is 382 g/mol. The van der Waals surface area contributed by atoms with Crippen LogP contribution in [-0.4, -0.2) is 43.8 Å². The lowest BCUT2D eigenvalue weighted by molar-refractivity contribution is 0.182. The third-order valence-corrected chi connectivity index (χ3v) is 7.53. The zero-order valence-electron chi connectivity index (χ0n) is 12.9. The lowest BCUT2D eigenvalue weighted by atomic mass is 10.1. The van der Waals surface area contributed by atoms with Gasteiger partial charge in [-0.2, -0.15) is 9.57 Å². The summed E-state index contributed by atoms with van der Waals surface area (Å²) in [6.45, 7) is 2.95. The molecular formula is C16H16ClN3O2S2. The van der Waals surface area contributed by atoms with Gasteiger partial charge in [0.25, 0.3) is 10.0 Å². The van der Waals surface area contributed by atoms with Crippen molar-refractivity contribution in [3.8, 4) is 6.07 Å². The van der Waals surface area contributed by atoms with E-state index in [0.717, 1.165) is 16.9 Å². The first-order chi connectivity index (χ1) is 11.5. The summed E-state index contributed by atoms with van der Waals surface area (Å²) in [5.74, 6) is 0. The number of hydrogen-bond donors (Lipinski definition) is 0. The third kappa shape index (κ3) is 3.79. The number of halogens is 1. The van der Waals surface area contributed by atoms with Crippen LogP contribution in [-0.2, 0) is 16.6 Å². The lowest BCUT2D eigenvalue weighted by Crippen LogP contribution is -2.48. The van der Waals surface area contributed by atoms with Gasteiger partial charge in [0.05, 0.1) is 16.0 Å². The summed E-state index contributed by atoms with van der Waals surface area (Å²) in [6.07, 6.45) is 0. The normalized spacial score (nSPS) is 16.8. The van der Waals surface area contributed by atoms with Crippen LogP contribution in [0.4, 0.5) is 0 Å². The Kier molecular flexibility index (Phi) is 5.23. The fourth-order valence-electron chi connectivity index (χ4n) is 2.69. The molecule has 1 fully saturated rings. The molecule has 1 saturated heterocycles. The minimum absolute atomic E-state index is 0.294. The van der Waals surface area contributed by atoms with Crippen molar-refractivity contribution in [2.75, 3.05) is 26.2 Å². The molecule has 0 atom stereocenters. The van der Waals surface area contributed by atoms with Crippen molar-refractivity contribution in [3.05, 3.63) is 51.9 Å². The smallest absolute Gasteiger partial charge is 0.252 e. The molecular weight excluding hydrogens is 366 g/mol. The monoisotopic (exact) mass is 381 g/mol. The van der Waals surface area contributed by atoms with E-state index in [1.165, 1.54) is 4.31 Å². The van der Waals surface area contributed by atoms with Crippen molar-refractivity contribution >= 4 is 33.0 Å². The second kappa shape index (κ2) is 7.21. The standard InChI is InChI=1S/C16H16ClN3O2S2/c17-15-4-5-16(23-15)24(21,22)20-8-6-19(7-9-20)12-14-3-1-2-13(10-14)11-18/h1-5,10H,6-9,12H2. The van der Waals surface area contributed by atoms with Crippen LogP contribution in [0.2, 0.25) is 4.34 Å². The lowest BCUT2D eigenvalue weighted by Gasteiger charge is -2.33. The van der Waals surface area contributed by atoms with Crippen molar-refractivity contribution in [1.29, 1.82) is 5.26 Å². The Morgan fingerprint density at radius 2 is 1.92 bits per heavy atom. The SMILES string of the molecule is N#Cc1cccc(CN2CCN(S(=O)(=O)c3ccc(Cl)s3)CC2)c1. The number of piperazine rings is 1. The quantitative estimate of drug-likeness (QED) is 0.816. The van der Waals surface area contributed by atoms with Crippen LogP contribution >= 0.6 is 22.9 Å². The van der Waals surface area contributed by atoms with Crippen LogP contribution < -0.4 is 0 Å². The Morgan fingerprint density at radius 1 is 1.17 bits per heavy atom. The molecule has 0 N–H and O–H groups in total. The average Bonchev–Trinajstić information content (AvgIpc) is 3.03. The second-order valence-electron chi connectivity index (χ2n) is 5.55. The predicted molar refractivity (Wildman–Crippen MR) is 94.5 cm³/mol. The van der Waals surface area contributed by atoms with Crippen molar-refractivity contribution in [2.24, 2.45) is 0 Å². The van der Waals surface area contributed by atoms with Crippen LogP contribution in [0, 0.1) is 11.3 Å². The van der Waals surface area contributed by atoms with E-state index in [1.54, 1.807) is 18.2 Å². The van der Waals surface area contributed by atoms with Crippen LogP contribution in [0.15, 0.2) is 40.6 Å². The molecule has 8 heteroatoms. The highest BCUT2D eigenvalue weighted by Gasteiger charge is 2.29. The highest BCUT2D eigenvalue weighted by Crippen LogP contribution is 2.28. The summed E-state index contributed by atoms with van der Waals surface area (Å²) in [5, 5.41) is 8.96. The van der Waals surface area contributed by atoms with Gasteiger partial charge in [-0.3, -0.25) is 4.90 Å². The van der Waals surface area contributed by atoms with Gasteiger partial charge in [-0.15, -0.1) is 11.3 Å². The Bertz CT molecular complexity index is 865. The van der Waals surface area contributed by atoms with E-state index < -0.39 is 10.0 Å². The van der Waals surface area contributed by atoms with Crippen LogP contribution in [0.25, 0.3) is 0 Å². The van der Waals surface area contributed by atoms with Gasteiger partial charge in [0, 0.05) is 32.7 Å². The minimum atomic E-state index is -3.45. The molecule has 126 valence electrons. The maximum atomic E-state index is 12.6. The molecule has 0 amide bonds. The highest BCUT2D eigenvalue weighted by atomic mass is 35.5. The van der Waals surface area contributed by atoms with Gasteiger partial charge in [-0.05, 0) is 29.8 Å². The number of hydrogen-bond acceptors (Lipinski definition) is 5. The molecule has 1 aliphatic heterocycles. The van der Waals surface area contributed by atoms with Crippen molar-refractivity contribution < 1.29 is 8.42 Å². The second-order valence-corrected chi connectivity index (χ2v) is 9.43. The van der Waals surface area contributed by atoms with Crippen LogP contribution in [0.1, 0.15) is 11.1 Å². The highest BCUT2D eigenvalue weighted by molar-refractivity contribution is 7.91.